The zero-order chi connectivity index (χ0) is 24.9. The molecule has 10 heteroatoms. The Balaban J connectivity index is 1.10. The third-order valence-corrected chi connectivity index (χ3v) is 7.36. The normalized spacial score (nSPS) is 23.1. The monoisotopic (exact) mass is 509 g/mol. The SMILES string of the molecule is O=C1NC(O)S/C1=C\c1ccnc(NC2CCC(CNCc3ccc(F)cc3-c3ccco3)CC2)n1. The van der Waals surface area contributed by atoms with Crippen LogP contribution in [0.5, 0.6) is 0 Å². The first kappa shape index (κ1) is 24.5. The van der Waals surface area contributed by atoms with Crippen LogP contribution in [-0.4, -0.2) is 39.1 Å². The lowest BCUT2D eigenvalue weighted by atomic mass is 9.86. The van der Waals surface area contributed by atoms with E-state index < -0.39 is 5.56 Å². The first-order valence-corrected chi connectivity index (χ1v) is 12.9. The van der Waals surface area contributed by atoms with Crippen LogP contribution in [0.3, 0.4) is 0 Å². The molecule has 1 saturated heterocycles. The van der Waals surface area contributed by atoms with Crippen LogP contribution in [0.2, 0.25) is 0 Å². The molecule has 1 atom stereocenters. The Labute approximate surface area is 212 Å². The second kappa shape index (κ2) is 11.2. The van der Waals surface area contributed by atoms with Gasteiger partial charge in [-0.15, -0.1) is 0 Å². The van der Waals surface area contributed by atoms with Gasteiger partial charge in [-0.05, 0) is 80.1 Å². The number of rotatable bonds is 8. The van der Waals surface area contributed by atoms with Crippen LogP contribution in [-0.2, 0) is 11.3 Å². The molecule has 1 aromatic carbocycles. The van der Waals surface area contributed by atoms with E-state index in [9.17, 15) is 14.3 Å². The molecule has 1 unspecified atom stereocenters. The second-order valence-electron chi connectivity index (χ2n) is 9.03. The molecule has 1 saturated carbocycles. The predicted octanol–water partition coefficient (Wildman–Crippen LogP) is 4.12. The summed E-state index contributed by atoms with van der Waals surface area (Å²) in [6.45, 7) is 1.55. The molecular formula is C26H28FN5O3S. The fraction of sp³-hybridized carbons (Fsp3) is 0.346. The number of anilines is 1. The molecule has 2 fully saturated rings. The van der Waals surface area contributed by atoms with Crippen molar-refractivity contribution in [2.24, 2.45) is 5.92 Å². The molecule has 0 bridgehead atoms. The van der Waals surface area contributed by atoms with Crippen molar-refractivity contribution in [1.29, 1.82) is 0 Å². The van der Waals surface area contributed by atoms with Gasteiger partial charge in [0.25, 0.3) is 5.91 Å². The van der Waals surface area contributed by atoms with Gasteiger partial charge < -0.3 is 25.5 Å². The molecule has 2 aromatic heterocycles. The number of thioether (sulfide) groups is 1. The number of aliphatic hydroxyl groups is 1. The van der Waals surface area contributed by atoms with Crippen molar-refractivity contribution in [1.82, 2.24) is 20.6 Å². The molecule has 0 radical (unpaired) electrons. The van der Waals surface area contributed by atoms with Crippen LogP contribution in [0.25, 0.3) is 17.4 Å². The maximum atomic E-state index is 13.8. The minimum absolute atomic E-state index is 0.274. The van der Waals surface area contributed by atoms with Gasteiger partial charge >= 0.3 is 0 Å². The van der Waals surface area contributed by atoms with E-state index in [0.717, 1.165) is 55.1 Å². The highest BCUT2D eigenvalue weighted by Gasteiger charge is 2.25. The Hall–Kier alpha value is -3.21. The summed E-state index contributed by atoms with van der Waals surface area (Å²) in [4.78, 5) is 21.1. The minimum atomic E-state index is -0.915. The molecule has 5 rings (SSSR count). The van der Waals surface area contributed by atoms with E-state index in [1.807, 2.05) is 12.1 Å². The molecule has 2 aliphatic rings. The van der Waals surface area contributed by atoms with Gasteiger partial charge in [0.15, 0.2) is 5.56 Å². The van der Waals surface area contributed by atoms with Gasteiger partial charge in [-0.25, -0.2) is 14.4 Å². The summed E-state index contributed by atoms with van der Waals surface area (Å²) >= 11 is 1.06. The highest BCUT2D eigenvalue weighted by atomic mass is 32.2. The van der Waals surface area contributed by atoms with Gasteiger partial charge in [-0.1, -0.05) is 17.8 Å². The maximum Gasteiger partial charge on any atom is 0.260 e. The van der Waals surface area contributed by atoms with E-state index in [4.69, 9.17) is 4.42 Å². The van der Waals surface area contributed by atoms with Crippen LogP contribution in [0.4, 0.5) is 10.3 Å². The Bertz CT molecular complexity index is 1230. The van der Waals surface area contributed by atoms with Crippen molar-refractivity contribution in [3.63, 3.8) is 0 Å². The van der Waals surface area contributed by atoms with E-state index >= 15 is 0 Å². The summed E-state index contributed by atoms with van der Waals surface area (Å²) in [5.74, 6) is 1.20. The fourth-order valence-electron chi connectivity index (χ4n) is 4.61. The molecule has 1 aliphatic carbocycles. The topological polar surface area (TPSA) is 112 Å². The second-order valence-corrected chi connectivity index (χ2v) is 10.2. The van der Waals surface area contributed by atoms with Crippen LogP contribution in [0, 0.1) is 11.7 Å². The quantitative estimate of drug-likeness (QED) is 0.336. The Morgan fingerprint density at radius 3 is 2.83 bits per heavy atom. The molecule has 3 aromatic rings. The number of amides is 1. The van der Waals surface area contributed by atoms with E-state index in [-0.39, 0.29) is 17.8 Å². The fourth-order valence-corrected chi connectivity index (χ4v) is 5.37. The van der Waals surface area contributed by atoms with Crippen LogP contribution in [0.1, 0.15) is 36.9 Å². The number of nitrogens with one attached hydrogen (secondary N) is 3. The third kappa shape index (κ3) is 6.13. The lowest BCUT2D eigenvalue weighted by Gasteiger charge is -2.29. The molecule has 4 N–H and O–H groups in total. The minimum Gasteiger partial charge on any atom is -0.464 e. The molecule has 1 aliphatic heterocycles. The number of carbonyl (C=O) groups excluding carboxylic acids is 1. The van der Waals surface area contributed by atoms with Crippen LogP contribution < -0.4 is 16.0 Å². The molecule has 8 nitrogen and oxygen atoms in total. The van der Waals surface area contributed by atoms with E-state index in [0.29, 0.717) is 34.8 Å². The number of nitrogens with zero attached hydrogens (tertiary/aromatic N) is 2. The number of aliphatic hydroxyl groups excluding tert-OH is 1. The Morgan fingerprint density at radius 1 is 1.22 bits per heavy atom. The molecular weight excluding hydrogens is 481 g/mol. The van der Waals surface area contributed by atoms with Gasteiger partial charge in [0.05, 0.1) is 16.9 Å². The third-order valence-electron chi connectivity index (χ3n) is 6.46. The largest absolute Gasteiger partial charge is 0.464 e. The number of carbonyl (C=O) groups is 1. The Morgan fingerprint density at radius 2 is 2.08 bits per heavy atom. The molecule has 3 heterocycles. The van der Waals surface area contributed by atoms with Gasteiger partial charge in [-0.3, -0.25) is 4.79 Å². The summed E-state index contributed by atoms with van der Waals surface area (Å²) in [5, 5.41) is 18.9. The summed E-state index contributed by atoms with van der Waals surface area (Å²) < 4.78 is 19.3. The summed E-state index contributed by atoms with van der Waals surface area (Å²) in [5.41, 5.74) is 1.49. The number of benzene rings is 1. The lowest BCUT2D eigenvalue weighted by molar-refractivity contribution is -0.117. The highest BCUT2D eigenvalue weighted by Crippen LogP contribution is 2.29. The summed E-state index contributed by atoms with van der Waals surface area (Å²) in [6.07, 6.45) is 9.11. The van der Waals surface area contributed by atoms with Gasteiger partial charge in [0.2, 0.25) is 5.95 Å². The first-order valence-electron chi connectivity index (χ1n) is 12.0. The van der Waals surface area contributed by atoms with Gasteiger partial charge in [0, 0.05) is 24.3 Å². The van der Waals surface area contributed by atoms with Crippen molar-refractivity contribution in [3.8, 4) is 11.3 Å². The predicted molar refractivity (Wildman–Crippen MR) is 137 cm³/mol. The van der Waals surface area contributed by atoms with Crippen LogP contribution >= 0.6 is 11.8 Å². The molecule has 1 amide bonds. The van der Waals surface area contributed by atoms with Gasteiger partial charge in [-0.2, -0.15) is 0 Å². The summed E-state index contributed by atoms with van der Waals surface area (Å²) in [7, 11) is 0. The smallest absolute Gasteiger partial charge is 0.260 e. The highest BCUT2D eigenvalue weighted by molar-refractivity contribution is 8.05. The number of aromatic nitrogens is 2. The maximum absolute atomic E-state index is 13.8. The van der Waals surface area contributed by atoms with Crippen molar-refractivity contribution in [2.75, 3.05) is 11.9 Å². The van der Waals surface area contributed by atoms with Crippen molar-refractivity contribution >= 4 is 29.7 Å². The first-order chi connectivity index (χ1) is 17.5. The zero-order valence-electron chi connectivity index (χ0n) is 19.6. The zero-order valence-corrected chi connectivity index (χ0v) is 20.4. The lowest BCUT2D eigenvalue weighted by Crippen LogP contribution is -2.31. The van der Waals surface area contributed by atoms with Crippen molar-refractivity contribution in [2.45, 2.75) is 43.8 Å². The molecule has 36 heavy (non-hydrogen) atoms. The number of furan rings is 1. The number of hydrogen-bond donors (Lipinski definition) is 4. The van der Waals surface area contributed by atoms with Crippen molar-refractivity contribution < 1.29 is 18.7 Å². The molecule has 0 spiro atoms. The number of halogens is 1. The molecule has 188 valence electrons. The van der Waals surface area contributed by atoms with E-state index in [2.05, 4.69) is 25.9 Å². The van der Waals surface area contributed by atoms with E-state index in [1.165, 1.54) is 12.1 Å². The Kier molecular flexibility index (Phi) is 7.64. The summed E-state index contributed by atoms with van der Waals surface area (Å²) in [6, 6.07) is 10.5. The van der Waals surface area contributed by atoms with Crippen molar-refractivity contribution in [3.05, 3.63) is 70.8 Å². The van der Waals surface area contributed by atoms with Crippen LogP contribution in [0.15, 0.2) is 58.2 Å². The van der Waals surface area contributed by atoms with Gasteiger partial charge in [0.1, 0.15) is 11.6 Å². The number of hydrogen-bond acceptors (Lipinski definition) is 8. The standard InChI is InChI=1S/C26H28FN5O3S/c27-18-6-5-17(21(12-18)22-2-1-11-35-22)15-28-14-16-3-7-19(8-4-16)30-25-29-10-9-20(31-25)13-23-24(33)32-26(34)36-23/h1-2,5-6,9-13,16,19,26,28,34H,3-4,7-8,14-15H2,(H,32,33)(H,29,30,31)/b23-13-. The average Bonchev–Trinajstić information content (AvgIpc) is 3.51. The average molecular weight is 510 g/mol. The van der Waals surface area contributed by atoms with E-state index in [1.54, 1.807) is 30.7 Å².